The predicted octanol–water partition coefficient (Wildman–Crippen LogP) is 3.21. The lowest BCUT2D eigenvalue weighted by Crippen LogP contribution is -1.96. The van der Waals surface area contributed by atoms with Gasteiger partial charge in [-0.25, -0.2) is 4.98 Å². The largest absolute Gasteiger partial charge is 0.329 e. The van der Waals surface area contributed by atoms with E-state index < -0.39 is 0 Å². The van der Waals surface area contributed by atoms with Gasteiger partial charge in [0.15, 0.2) is 0 Å². The predicted molar refractivity (Wildman–Crippen MR) is 68.7 cm³/mol. The molecule has 3 heteroatoms. The van der Waals surface area contributed by atoms with E-state index >= 15 is 0 Å². The zero-order valence-electron chi connectivity index (χ0n) is 10.4. The quantitative estimate of drug-likeness (QED) is 0.752. The molecule has 17 heavy (non-hydrogen) atoms. The molecule has 0 saturated heterocycles. The fraction of sp³-hybridized carbons (Fsp3) is 0.429. The lowest BCUT2D eigenvalue weighted by molar-refractivity contribution is 0.753. The molecule has 0 N–H and O–H groups in total. The number of fused-ring (bicyclic) bond motifs is 1. The van der Waals surface area contributed by atoms with Gasteiger partial charge < -0.3 is 4.57 Å². The van der Waals surface area contributed by atoms with Crippen LogP contribution in [0.2, 0.25) is 0 Å². The lowest BCUT2D eigenvalue weighted by Gasteiger charge is -2.02. The van der Waals surface area contributed by atoms with Gasteiger partial charge in [0.25, 0.3) is 0 Å². The van der Waals surface area contributed by atoms with E-state index in [1.54, 1.807) is 0 Å². The van der Waals surface area contributed by atoms with Gasteiger partial charge in [0, 0.05) is 13.0 Å². The summed E-state index contributed by atoms with van der Waals surface area (Å²) >= 11 is 0. The van der Waals surface area contributed by atoms with E-state index in [-0.39, 0.29) is 0 Å². The molecule has 0 spiro atoms. The number of hydrogen-bond donors (Lipinski definition) is 0. The summed E-state index contributed by atoms with van der Waals surface area (Å²) < 4.78 is 2.22. The van der Waals surface area contributed by atoms with Crippen molar-refractivity contribution in [3.05, 3.63) is 29.6 Å². The summed E-state index contributed by atoms with van der Waals surface area (Å²) in [5, 5.41) is 8.52. The molecule has 0 aliphatic carbocycles. The average molecular weight is 227 g/mol. The van der Waals surface area contributed by atoms with E-state index in [1.165, 1.54) is 11.1 Å². The van der Waals surface area contributed by atoms with Gasteiger partial charge in [-0.05, 0) is 44.4 Å². The molecule has 0 saturated carbocycles. The first-order valence-electron chi connectivity index (χ1n) is 6.09. The van der Waals surface area contributed by atoms with Crippen molar-refractivity contribution in [1.82, 2.24) is 9.55 Å². The molecule has 0 unspecified atom stereocenters. The SMILES string of the molecule is CCn1c(C)nc2cc(CCCC#N)ccc21. The maximum Gasteiger partial charge on any atom is 0.106 e. The zero-order chi connectivity index (χ0) is 12.3. The first-order valence-corrected chi connectivity index (χ1v) is 6.09. The molecule has 0 amide bonds. The van der Waals surface area contributed by atoms with Crippen LogP contribution >= 0.6 is 0 Å². The number of hydrogen-bond acceptors (Lipinski definition) is 2. The van der Waals surface area contributed by atoms with Crippen LogP contribution in [0.5, 0.6) is 0 Å². The Kier molecular flexibility index (Phi) is 3.43. The van der Waals surface area contributed by atoms with Gasteiger partial charge in [0.05, 0.1) is 17.1 Å². The van der Waals surface area contributed by atoms with E-state index in [2.05, 4.69) is 40.7 Å². The van der Waals surface area contributed by atoms with E-state index in [9.17, 15) is 0 Å². The zero-order valence-corrected chi connectivity index (χ0v) is 10.4. The van der Waals surface area contributed by atoms with E-state index in [0.29, 0.717) is 6.42 Å². The fourth-order valence-corrected chi connectivity index (χ4v) is 2.22. The highest BCUT2D eigenvalue weighted by Gasteiger charge is 2.06. The summed E-state index contributed by atoms with van der Waals surface area (Å²) in [5.41, 5.74) is 3.54. The molecule has 0 bridgehead atoms. The van der Waals surface area contributed by atoms with Gasteiger partial charge in [0.1, 0.15) is 5.82 Å². The Labute approximate surface area is 102 Å². The fourth-order valence-electron chi connectivity index (χ4n) is 2.22. The number of benzene rings is 1. The molecule has 1 aromatic heterocycles. The van der Waals surface area contributed by atoms with Crippen molar-refractivity contribution < 1.29 is 0 Å². The average Bonchev–Trinajstić information content (AvgIpc) is 2.64. The monoisotopic (exact) mass is 227 g/mol. The summed E-state index contributed by atoms with van der Waals surface area (Å²) in [4.78, 5) is 4.57. The minimum absolute atomic E-state index is 0.625. The smallest absolute Gasteiger partial charge is 0.106 e. The Bertz CT molecular complexity index is 561. The van der Waals surface area contributed by atoms with Crippen LogP contribution in [0.25, 0.3) is 11.0 Å². The van der Waals surface area contributed by atoms with Crippen molar-refractivity contribution in [2.45, 2.75) is 39.7 Å². The van der Waals surface area contributed by atoms with Gasteiger partial charge in [0.2, 0.25) is 0 Å². The van der Waals surface area contributed by atoms with Crippen molar-refractivity contribution in [1.29, 1.82) is 5.26 Å². The molecular weight excluding hydrogens is 210 g/mol. The Balaban J connectivity index is 2.29. The number of aryl methyl sites for hydroxylation is 3. The number of unbranched alkanes of at least 4 members (excludes halogenated alkanes) is 1. The van der Waals surface area contributed by atoms with Gasteiger partial charge in [-0.3, -0.25) is 0 Å². The molecule has 0 fully saturated rings. The van der Waals surface area contributed by atoms with Gasteiger partial charge >= 0.3 is 0 Å². The number of rotatable bonds is 4. The van der Waals surface area contributed by atoms with Crippen molar-refractivity contribution in [3.63, 3.8) is 0 Å². The summed E-state index contributed by atoms with van der Waals surface area (Å²) in [6, 6.07) is 8.61. The summed E-state index contributed by atoms with van der Waals surface area (Å²) in [5.74, 6) is 1.07. The Morgan fingerprint density at radius 2 is 2.24 bits per heavy atom. The molecule has 0 aliphatic rings. The minimum Gasteiger partial charge on any atom is -0.329 e. The van der Waals surface area contributed by atoms with Gasteiger partial charge in [-0.2, -0.15) is 5.26 Å². The normalized spacial score (nSPS) is 10.6. The Morgan fingerprint density at radius 3 is 2.94 bits per heavy atom. The van der Waals surface area contributed by atoms with Crippen molar-refractivity contribution in [2.75, 3.05) is 0 Å². The van der Waals surface area contributed by atoms with Crippen LogP contribution < -0.4 is 0 Å². The number of nitriles is 1. The van der Waals surface area contributed by atoms with Crippen LogP contribution in [0.1, 0.15) is 31.2 Å². The van der Waals surface area contributed by atoms with Crippen LogP contribution in [0.15, 0.2) is 18.2 Å². The van der Waals surface area contributed by atoms with Crippen molar-refractivity contribution in [3.8, 4) is 6.07 Å². The number of aromatic nitrogens is 2. The summed E-state index contributed by atoms with van der Waals surface area (Å²) in [7, 11) is 0. The minimum atomic E-state index is 0.625. The molecule has 1 aromatic carbocycles. The summed E-state index contributed by atoms with van der Waals surface area (Å²) in [6.45, 7) is 5.13. The third-order valence-corrected chi connectivity index (χ3v) is 3.07. The first-order chi connectivity index (χ1) is 8.26. The molecule has 0 radical (unpaired) electrons. The first kappa shape index (κ1) is 11.7. The van der Waals surface area contributed by atoms with Crippen LogP contribution in [-0.4, -0.2) is 9.55 Å². The topological polar surface area (TPSA) is 41.6 Å². The molecule has 3 nitrogen and oxygen atoms in total. The molecule has 2 rings (SSSR count). The van der Waals surface area contributed by atoms with Crippen molar-refractivity contribution in [2.24, 2.45) is 0 Å². The van der Waals surface area contributed by atoms with E-state index in [4.69, 9.17) is 5.26 Å². The summed E-state index contributed by atoms with van der Waals surface area (Å²) in [6.07, 6.45) is 2.51. The highest BCUT2D eigenvalue weighted by molar-refractivity contribution is 5.76. The second kappa shape index (κ2) is 5.01. The molecular formula is C14H17N3. The van der Waals surface area contributed by atoms with Crippen LogP contribution in [-0.2, 0) is 13.0 Å². The second-order valence-corrected chi connectivity index (χ2v) is 4.24. The van der Waals surface area contributed by atoms with Crippen LogP contribution in [0.4, 0.5) is 0 Å². The Hall–Kier alpha value is -1.82. The molecule has 1 heterocycles. The van der Waals surface area contributed by atoms with E-state index in [1.807, 2.05) is 6.92 Å². The number of nitrogens with zero attached hydrogens (tertiary/aromatic N) is 3. The second-order valence-electron chi connectivity index (χ2n) is 4.24. The highest BCUT2D eigenvalue weighted by atomic mass is 15.1. The van der Waals surface area contributed by atoms with Crippen LogP contribution in [0, 0.1) is 18.3 Å². The molecule has 0 aliphatic heterocycles. The highest BCUT2D eigenvalue weighted by Crippen LogP contribution is 2.18. The number of imidazole rings is 1. The third kappa shape index (κ3) is 2.31. The Morgan fingerprint density at radius 1 is 1.41 bits per heavy atom. The van der Waals surface area contributed by atoms with Crippen LogP contribution in [0.3, 0.4) is 0 Å². The van der Waals surface area contributed by atoms with Crippen molar-refractivity contribution >= 4 is 11.0 Å². The third-order valence-electron chi connectivity index (χ3n) is 3.07. The standard InChI is InChI=1S/C14H17N3/c1-3-17-11(2)16-13-10-12(6-4-5-9-15)7-8-14(13)17/h7-8,10H,3-6H2,1-2H3. The molecule has 88 valence electrons. The lowest BCUT2D eigenvalue weighted by atomic mass is 10.1. The van der Waals surface area contributed by atoms with E-state index in [0.717, 1.165) is 30.7 Å². The molecule has 0 atom stereocenters. The maximum atomic E-state index is 8.52. The van der Waals surface area contributed by atoms with Gasteiger partial charge in [-0.15, -0.1) is 0 Å². The maximum absolute atomic E-state index is 8.52. The molecule has 2 aromatic rings. The van der Waals surface area contributed by atoms with Gasteiger partial charge in [-0.1, -0.05) is 6.07 Å².